The van der Waals surface area contributed by atoms with E-state index in [0.717, 1.165) is 17.8 Å². The molecule has 8 heteroatoms. The molecule has 0 aliphatic heterocycles. The van der Waals surface area contributed by atoms with Gasteiger partial charge in [-0.1, -0.05) is 32.1 Å². The zero-order valence-electron chi connectivity index (χ0n) is 18.5. The first-order chi connectivity index (χ1) is 14.9. The summed E-state index contributed by atoms with van der Waals surface area (Å²) in [6.07, 6.45) is 4.07. The number of hydrogen-bond acceptors (Lipinski definition) is 5. The van der Waals surface area contributed by atoms with Gasteiger partial charge in [0.1, 0.15) is 0 Å². The molecular formula is C23H32N6O2. The molecule has 0 fully saturated rings. The lowest BCUT2D eigenvalue weighted by molar-refractivity contribution is 0.0925. The number of carbonyl (C=O) groups is 2. The van der Waals surface area contributed by atoms with E-state index in [1.807, 2.05) is 52.0 Å². The number of allylic oxidation sites excluding steroid dienone is 1. The summed E-state index contributed by atoms with van der Waals surface area (Å²) in [5.74, 6) is -0.275. The smallest absolute Gasteiger partial charge is 0.319 e. The van der Waals surface area contributed by atoms with E-state index in [4.69, 9.17) is 0 Å². The van der Waals surface area contributed by atoms with Gasteiger partial charge in [-0.15, -0.1) is 0 Å². The lowest BCUT2D eigenvalue weighted by Crippen LogP contribution is -2.54. The molecule has 1 aromatic heterocycles. The summed E-state index contributed by atoms with van der Waals surface area (Å²) in [4.78, 5) is 29.2. The number of urea groups is 1. The molecule has 1 unspecified atom stereocenters. The highest BCUT2D eigenvalue weighted by atomic mass is 16.2. The van der Waals surface area contributed by atoms with Crippen molar-refractivity contribution in [1.29, 1.82) is 0 Å². The predicted molar refractivity (Wildman–Crippen MR) is 124 cm³/mol. The second-order valence-corrected chi connectivity index (χ2v) is 7.18. The van der Waals surface area contributed by atoms with Crippen molar-refractivity contribution in [2.24, 2.45) is 0 Å². The Hall–Kier alpha value is -3.39. The Bertz CT molecular complexity index is 883. The molecule has 5 N–H and O–H groups in total. The highest BCUT2D eigenvalue weighted by molar-refractivity contribution is 5.97. The van der Waals surface area contributed by atoms with E-state index in [0.29, 0.717) is 17.8 Å². The van der Waals surface area contributed by atoms with Gasteiger partial charge in [0.25, 0.3) is 5.91 Å². The van der Waals surface area contributed by atoms with Crippen LogP contribution in [0.25, 0.3) is 5.70 Å². The second kappa shape index (κ2) is 12.3. The molecule has 0 aliphatic rings. The van der Waals surface area contributed by atoms with E-state index in [1.165, 1.54) is 0 Å². The fourth-order valence-corrected chi connectivity index (χ4v) is 2.84. The minimum absolute atomic E-state index is 0.0166. The van der Waals surface area contributed by atoms with Crippen molar-refractivity contribution in [1.82, 2.24) is 26.3 Å². The van der Waals surface area contributed by atoms with Crippen LogP contribution in [0.4, 0.5) is 10.5 Å². The van der Waals surface area contributed by atoms with Crippen molar-refractivity contribution in [3.05, 3.63) is 66.0 Å². The molecule has 0 radical (unpaired) electrons. The van der Waals surface area contributed by atoms with Crippen molar-refractivity contribution < 1.29 is 9.59 Å². The first kappa shape index (κ1) is 23.9. The normalized spacial score (nSPS) is 12.2. The molecule has 8 nitrogen and oxygen atoms in total. The quantitative estimate of drug-likeness (QED) is 0.376. The molecule has 1 heterocycles. The molecule has 3 amide bonds. The topological polar surface area (TPSA) is 107 Å². The van der Waals surface area contributed by atoms with Gasteiger partial charge >= 0.3 is 6.03 Å². The van der Waals surface area contributed by atoms with Crippen LogP contribution in [0, 0.1) is 0 Å². The summed E-state index contributed by atoms with van der Waals surface area (Å²) < 4.78 is 0. The number of nitrogens with one attached hydrogen (secondary N) is 5. The molecular weight excluding hydrogens is 392 g/mol. The Morgan fingerprint density at radius 1 is 1.03 bits per heavy atom. The summed E-state index contributed by atoms with van der Waals surface area (Å²) in [5.41, 5.74) is 2.60. The molecule has 0 bridgehead atoms. The third-order valence-electron chi connectivity index (χ3n) is 4.14. The molecule has 0 saturated carbocycles. The van der Waals surface area contributed by atoms with Crippen LogP contribution >= 0.6 is 0 Å². The highest BCUT2D eigenvalue weighted by Gasteiger charge is 2.15. The Balaban J connectivity index is 2.10. The van der Waals surface area contributed by atoms with Gasteiger partial charge in [0.05, 0.1) is 11.4 Å². The molecule has 0 aliphatic carbocycles. The van der Waals surface area contributed by atoms with Gasteiger partial charge in [-0.3, -0.25) is 15.1 Å². The van der Waals surface area contributed by atoms with E-state index in [2.05, 4.69) is 31.6 Å². The molecule has 31 heavy (non-hydrogen) atoms. The predicted octanol–water partition coefficient (Wildman–Crippen LogP) is 3.28. The van der Waals surface area contributed by atoms with Crippen LogP contribution in [0.5, 0.6) is 0 Å². The zero-order chi connectivity index (χ0) is 22.6. The van der Waals surface area contributed by atoms with Gasteiger partial charge in [0.15, 0.2) is 6.29 Å². The summed E-state index contributed by atoms with van der Waals surface area (Å²) >= 11 is 0. The molecule has 2 aromatic rings. The Labute approximate surface area is 183 Å². The van der Waals surface area contributed by atoms with Crippen molar-refractivity contribution in [3.8, 4) is 0 Å². The van der Waals surface area contributed by atoms with Crippen molar-refractivity contribution in [2.45, 2.75) is 46.4 Å². The maximum Gasteiger partial charge on any atom is 0.319 e. The second-order valence-electron chi connectivity index (χ2n) is 7.18. The molecule has 0 saturated heterocycles. The van der Waals surface area contributed by atoms with Crippen molar-refractivity contribution in [2.75, 3.05) is 11.9 Å². The number of carbonyl (C=O) groups excluding carboxylic acids is 2. The largest absolute Gasteiger partial charge is 0.352 e. The van der Waals surface area contributed by atoms with Crippen LogP contribution < -0.4 is 26.6 Å². The van der Waals surface area contributed by atoms with Gasteiger partial charge in [-0.25, -0.2) is 4.79 Å². The van der Waals surface area contributed by atoms with Crippen LogP contribution in [0.15, 0.2) is 54.7 Å². The third-order valence-corrected chi connectivity index (χ3v) is 4.14. The van der Waals surface area contributed by atoms with Gasteiger partial charge < -0.3 is 21.3 Å². The Morgan fingerprint density at radius 2 is 1.84 bits per heavy atom. The van der Waals surface area contributed by atoms with Crippen molar-refractivity contribution in [3.63, 3.8) is 0 Å². The highest BCUT2D eigenvalue weighted by Crippen LogP contribution is 2.12. The summed E-state index contributed by atoms with van der Waals surface area (Å²) in [5, 5.41) is 15.0. The van der Waals surface area contributed by atoms with E-state index in [9.17, 15) is 9.59 Å². The van der Waals surface area contributed by atoms with Crippen LogP contribution in [0.2, 0.25) is 0 Å². The minimum Gasteiger partial charge on any atom is -0.352 e. The molecule has 166 valence electrons. The molecule has 1 atom stereocenters. The lowest BCUT2D eigenvalue weighted by Gasteiger charge is -2.23. The number of rotatable bonds is 10. The zero-order valence-corrected chi connectivity index (χ0v) is 18.5. The SMILES string of the molecule is CC/C=C(/NC(NCC)NC(=O)c1cccc(NC(=O)NC(C)C)c1)c1ccccn1. The molecule has 0 spiro atoms. The van der Waals surface area contributed by atoms with E-state index < -0.39 is 6.29 Å². The van der Waals surface area contributed by atoms with Gasteiger partial charge in [0.2, 0.25) is 0 Å². The van der Waals surface area contributed by atoms with Gasteiger partial charge in [0, 0.05) is 23.5 Å². The first-order valence-electron chi connectivity index (χ1n) is 10.5. The Kier molecular flexibility index (Phi) is 9.51. The molecule has 1 aromatic carbocycles. The number of benzene rings is 1. The summed E-state index contributed by atoms with van der Waals surface area (Å²) in [7, 11) is 0. The number of pyridine rings is 1. The van der Waals surface area contributed by atoms with Crippen molar-refractivity contribution >= 4 is 23.3 Å². The number of hydrogen-bond donors (Lipinski definition) is 5. The third kappa shape index (κ3) is 8.10. The average Bonchev–Trinajstić information content (AvgIpc) is 2.73. The standard InChI is InChI=1S/C23H32N6O2/c1-5-10-20(19-13-7-8-14-25-19)28-22(24-6-2)29-21(30)17-11-9-12-18(15-17)27-23(31)26-16(3)4/h7-16,22,24,28H,5-6H2,1-4H3,(H,29,30)(H2,26,27,31)/b20-10+. The maximum atomic E-state index is 12.9. The van der Waals surface area contributed by atoms with Gasteiger partial charge in [-0.2, -0.15) is 0 Å². The van der Waals surface area contributed by atoms with Crippen LogP contribution in [0.3, 0.4) is 0 Å². The summed E-state index contributed by atoms with van der Waals surface area (Å²) in [6, 6.07) is 12.2. The van der Waals surface area contributed by atoms with E-state index in [-0.39, 0.29) is 18.0 Å². The van der Waals surface area contributed by atoms with Crippen LogP contribution in [-0.4, -0.2) is 35.8 Å². The lowest BCUT2D eigenvalue weighted by atomic mass is 10.2. The monoisotopic (exact) mass is 424 g/mol. The number of aromatic nitrogens is 1. The number of nitrogens with zero attached hydrogens (tertiary/aromatic N) is 1. The van der Waals surface area contributed by atoms with E-state index >= 15 is 0 Å². The first-order valence-corrected chi connectivity index (χ1v) is 10.5. The summed E-state index contributed by atoms with van der Waals surface area (Å²) in [6.45, 7) is 8.41. The Morgan fingerprint density at radius 3 is 2.48 bits per heavy atom. The average molecular weight is 425 g/mol. The van der Waals surface area contributed by atoms with Gasteiger partial charge in [-0.05, 0) is 57.1 Å². The van der Waals surface area contributed by atoms with Crippen LogP contribution in [0.1, 0.15) is 50.2 Å². The molecule has 2 rings (SSSR count). The minimum atomic E-state index is -0.502. The number of anilines is 1. The van der Waals surface area contributed by atoms with E-state index in [1.54, 1.807) is 30.5 Å². The maximum absolute atomic E-state index is 12.9. The fraction of sp³-hybridized carbons (Fsp3) is 0.348. The number of amides is 3. The van der Waals surface area contributed by atoms with Crippen LogP contribution in [-0.2, 0) is 0 Å². The fourth-order valence-electron chi connectivity index (χ4n) is 2.84.